The minimum Gasteiger partial charge on any atom is -0.479 e. The van der Waals surface area contributed by atoms with Gasteiger partial charge in [0.05, 0.1) is 61.6 Å². The van der Waals surface area contributed by atoms with Crippen LogP contribution in [-0.4, -0.2) is 164 Å². The van der Waals surface area contributed by atoms with Crippen molar-refractivity contribution in [1.82, 2.24) is 68.3 Å². The number of pyridine rings is 4. The Morgan fingerprint density at radius 1 is 0.556 bits per heavy atom. The van der Waals surface area contributed by atoms with Crippen LogP contribution in [0.1, 0.15) is 48.7 Å². The quantitative estimate of drug-likeness (QED) is 0.121. The number of piperazine rings is 2. The van der Waals surface area contributed by atoms with Crippen molar-refractivity contribution >= 4 is 55.0 Å². The Hall–Kier alpha value is -6.98. The Kier molecular flexibility index (Phi) is 16.3. The van der Waals surface area contributed by atoms with Gasteiger partial charge in [-0.3, -0.25) is 9.80 Å². The highest BCUT2D eigenvalue weighted by atomic mass is 32.2. The number of aryl methyl sites for hydroxylation is 2. The lowest BCUT2D eigenvalue weighted by atomic mass is 10.1. The summed E-state index contributed by atoms with van der Waals surface area (Å²) in [6.45, 7) is 11.5. The molecule has 384 valence electrons. The molecule has 0 bridgehead atoms. The van der Waals surface area contributed by atoms with Crippen molar-refractivity contribution in [2.45, 2.75) is 39.8 Å². The molecule has 8 heterocycles. The highest BCUT2D eigenvalue weighted by molar-refractivity contribution is 7.88. The summed E-state index contributed by atoms with van der Waals surface area (Å²) in [6, 6.07) is 6.17. The Labute approximate surface area is 415 Å². The van der Waals surface area contributed by atoms with Crippen molar-refractivity contribution in [3.63, 3.8) is 0 Å². The first-order valence-electron chi connectivity index (χ1n) is 22.4. The largest absolute Gasteiger partial charge is 0.479 e. The van der Waals surface area contributed by atoms with E-state index < -0.39 is 31.7 Å². The first-order chi connectivity index (χ1) is 34.1. The number of anilines is 6. The Bertz CT molecular complexity index is 2900. The number of hydrogen-bond acceptors (Lipinski definition) is 22. The van der Waals surface area contributed by atoms with E-state index >= 15 is 0 Å². The Morgan fingerprint density at radius 2 is 0.917 bits per heavy atom. The van der Waals surface area contributed by atoms with Gasteiger partial charge < -0.3 is 31.6 Å². The maximum Gasteiger partial charge on any atom is 0.250 e. The normalized spacial score (nSPS) is 16.0. The van der Waals surface area contributed by atoms with Gasteiger partial charge in [-0.05, 0) is 51.0 Å². The number of methoxy groups -OCH3 is 2. The number of halogens is 2. The van der Waals surface area contributed by atoms with Crippen LogP contribution in [0.2, 0.25) is 0 Å². The van der Waals surface area contributed by atoms with Gasteiger partial charge in [0.2, 0.25) is 43.7 Å². The molecule has 6 aromatic rings. The van der Waals surface area contributed by atoms with Crippen LogP contribution in [0.4, 0.5) is 43.7 Å². The van der Waals surface area contributed by atoms with Gasteiger partial charge in [0, 0.05) is 89.0 Å². The molecule has 0 saturated carbocycles. The summed E-state index contributed by atoms with van der Waals surface area (Å²) in [5.74, 6) is 0.920. The molecule has 72 heavy (non-hydrogen) atoms. The fourth-order valence-electron chi connectivity index (χ4n) is 8.03. The molecule has 2 atom stereocenters. The van der Waals surface area contributed by atoms with Crippen molar-refractivity contribution in [3.8, 4) is 34.5 Å². The van der Waals surface area contributed by atoms with Crippen LogP contribution >= 0.6 is 0 Å². The molecule has 2 fully saturated rings. The molecule has 24 nitrogen and oxygen atoms in total. The first-order valence-corrected chi connectivity index (χ1v) is 26.1. The van der Waals surface area contributed by atoms with Crippen LogP contribution < -0.4 is 31.6 Å². The van der Waals surface area contributed by atoms with E-state index in [9.17, 15) is 25.6 Å². The van der Waals surface area contributed by atoms with Gasteiger partial charge in [0.25, 0.3) is 0 Å². The lowest BCUT2D eigenvalue weighted by Gasteiger charge is -2.37. The molecule has 0 aromatic carbocycles. The molecule has 0 radical (unpaired) electrons. The zero-order chi connectivity index (χ0) is 52.1. The smallest absolute Gasteiger partial charge is 0.250 e. The number of hydrogen-bond donors (Lipinski definition) is 4. The van der Waals surface area contributed by atoms with Crippen LogP contribution in [-0.2, 0) is 20.0 Å². The minimum atomic E-state index is -3.22. The summed E-state index contributed by atoms with van der Waals surface area (Å²) in [7, 11) is -3.76. The van der Waals surface area contributed by atoms with Crippen molar-refractivity contribution < 1.29 is 35.1 Å². The van der Waals surface area contributed by atoms with E-state index in [1.54, 1.807) is 26.2 Å². The molecule has 8 rings (SSSR count). The van der Waals surface area contributed by atoms with E-state index in [2.05, 4.69) is 70.3 Å². The maximum absolute atomic E-state index is 14.2. The summed E-state index contributed by atoms with van der Waals surface area (Å²) >= 11 is 0. The van der Waals surface area contributed by atoms with Gasteiger partial charge in [-0.1, -0.05) is 0 Å². The fraction of sp³-hybridized carbons (Fsp3) is 0.409. The molecular formula is C44H56F2N18O6S2. The number of nitrogens with one attached hydrogen (secondary N) is 2. The third-order valence-corrected chi connectivity index (χ3v) is 14.5. The average molecular weight is 1040 g/mol. The van der Waals surface area contributed by atoms with E-state index in [-0.39, 0.29) is 35.7 Å². The van der Waals surface area contributed by atoms with E-state index in [4.69, 9.17) is 20.9 Å². The van der Waals surface area contributed by atoms with E-state index in [1.807, 2.05) is 26.0 Å². The standard InChI is InChI=1S/2C22H28FN9O3S/c2*1-13(31-5-7-32(8-6-31)36(4,33)34)15-9-17(20-27-14(2)28-22(24)30-20)19(25-11-15)29-16-10-18(23)21(35-3)26-12-16/h2*9-13H,5-8H2,1-4H3,(H,25,29)(H2,24,27,28,30)/t13-;/m0./s1. The van der Waals surface area contributed by atoms with Crippen LogP contribution in [0.15, 0.2) is 49.1 Å². The van der Waals surface area contributed by atoms with Gasteiger partial charge in [-0.25, -0.2) is 55.5 Å². The molecule has 2 aliphatic rings. The van der Waals surface area contributed by atoms with Crippen LogP contribution in [0.5, 0.6) is 11.8 Å². The Morgan fingerprint density at radius 3 is 1.22 bits per heavy atom. The molecule has 0 aliphatic carbocycles. The SMILES string of the molecule is COc1ncc(Nc2ncc(C(C)N3CCN(S(C)(=O)=O)CC3)cc2-c2nc(C)nc(N)n2)cc1F.COc1ncc(Nc2ncc([C@H](C)N3CCN(S(C)(=O)=O)CC3)cc2-c2nc(C)nc(N)n2)cc1F. The van der Waals surface area contributed by atoms with E-state index in [0.29, 0.717) is 110 Å². The average Bonchev–Trinajstić information content (AvgIpc) is 3.33. The predicted octanol–water partition coefficient (Wildman–Crippen LogP) is 3.50. The van der Waals surface area contributed by atoms with Crippen LogP contribution in [0, 0.1) is 25.5 Å². The zero-order valence-electron chi connectivity index (χ0n) is 40.9. The third kappa shape index (κ3) is 12.9. The number of nitrogens with zero attached hydrogens (tertiary/aromatic N) is 14. The van der Waals surface area contributed by atoms with Crippen LogP contribution in [0.25, 0.3) is 22.8 Å². The second-order valence-electron chi connectivity index (χ2n) is 16.9. The lowest BCUT2D eigenvalue weighted by molar-refractivity contribution is 0.146. The second kappa shape index (κ2) is 22.2. The summed E-state index contributed by atoms with van der Waals surface area (Å²) in [4.78, 5) is 46.9. The van der Waals surface area contributed by atoms with Crippen molar-refractivity contribution in [3.05, 3.63) is 83.5 Å². The number of nitrogens with two attached hydrogens (primary N) is 2. The molecule has 1 unspecified atom stereocenters. The summed E-state index contributed by atoms with van der Waals surface area (Å²) < 4.78 is 88.6. The minimum absolute atomic E-state index is 0.0626. The predicted molar refractivity (Wildman–Crippen MR) is 265 cm³/mol. The van der Waals surface area contributed by atoms with Gasteiger partial charge in [0.1, 0.15) is 23.3 Å². The Balaban J connectivity index is 0.000000211. The number of ether oxygens (including phenoxy) is 2. The van der Waals surface area contributed by atoms with E-state index in [1.165, 1.54) is 59.9 Å². The summed E-state index contributed by atoms with van der Waals surface area (Å²) in [5.41, 5.74) is 15.3. The first kappa shape index (κ1) is 52.8. The number of nitrogen functional groups attached to an aromatic ring is 2. The monoisotopic (exact) mass is 1030 g/mol. The second-order valence-corrected chi connectivity index (χ2v) is 20.9. The number of aromatic nitrogens is 10. The summed E-state index contributed by atoms with van der Waals surface area (Å²) in [5, 5.41) is 6.15. The number of rotatable bonds is 14. The highest BCUT2D eigenvalue weighted by Crippen LogP contribution is 2.34. The zero-order valence-corrected chi connectivity index (χ0v) is 42.5. The van der Waals surface area contributed by atoms with E-state index in [0.717, 1.165) is 11.1 Å². The molecule has 28 heteroatoms. The lowest BCUT2D eigenvalue weighted by Crippen LogP contribution is -2.48. The fourth-order valence-corrected chi connectivity index (χ4v) is 9.69. The van der Waals surface area contributed by atoms with Gasteiger partial charge in [-0.15, -0.1) is 0 Å². The molecule has 2 aliphatic heterocycles. The van der Waals surface area contributed by atoms with Gasteiger partial charge in [-0.2, -0.15) is 28.5 Å². The molecule has 2 saturated heterocycles. The third-order valence-electron chi connectivity index (χ3n) is 11.9. The molecular weight excluding hydrogens is 979 g/mol. The molecule has 6 aromatic heterocycles. The van der Waals surface area contributed by atoms with Crippen molar-refractivity contribution in [1.29, 1.82) is 0 Å². The number of sulfonamides is 2. The highest BCUT2D eigenvalue weighted by Gasteiger charge is 2.29. The molecule has 6 N–H and O–H groups in total. The maximum atomic E-state index is 14.2. The van der Waals surface area contributed by atoms with Crippen molar-refractivity contribution in [2.75, 3.05) is 101 Å². The van der Waals surface area contributed by atoms with Crippen molar-refractivity contribution in [2.24, 2.45) is 0 Å². The van der Waals surface area contributed by atoms with Gasteiger partial charge >= 0.3 is 0 Å². The molecule has 0 spiro atoms. The van der Waals surface area contributed by atoms with Crippen LogP contribution in [0.3, 0.4) is 0 Å². The molecule has 0 amide bonds. The van der Waals surface area contributed by atoms with Gasteiger partial charge in [0.15, 0.2) is 23.3 Å². The summed E-state index contributed by atoms with van der Waals surface area (Å²) in [6.07, 6.45) is 8.73. The topological polar surface area (TPSA) is 305 Å².